The summed E-state index contributed by atoms with van der Waals surface area (Å²) in [6.07, 6.45) is 13.0. The van der Waals surface area contributed by atoms with Gasteiger partial charge in [-0.2, -0.15) is 4.37 Å². The Morgan fingerprint density at radius 3 is 2.41 bits per heavy atom. The summed E-state index contributed by atoms with van der Waals surface area (Å²) in [4.78, 5) is 72.3. The van der Waals surface area contributed by atoms with Crippen LogP contribution in [0.3, 0.4) is 0 Å². The quantitative estimate of drug-likeness (QED) is 0.0420. The van der Waals surface area contributed by atoms with Crippen molar-refractivity contribution in [2.45, 2.75) is 71.8 Å². The molecular formula is C49H64Cl3FN7O11PS2. The SMILES string of the molecule is C#CCN1C(=O)COc2cc(F)c(N=c3snc4n3CC(C)(C)C4)cc21.CC1COc2ccccc2N1C(=O)C(Cl)Cl.CCOCN(C(=O)CCl)c1c(C)cccc1CC.C[S+](C)C.O=C(O)CNCP(=O)([O-])O. The lowest BCUT2D eigenvalue weighted by Crippen LogP contribution is -2.47. The van der Waals surface area contributed by atoms with Gasteiger partial charge in [0.25, 0.3) is 11.8 Å². The second-order valence-corrected chi connectivity index (χ2v) is 23.8. The van der Waals surface area contributed by atoms with Gasteiger partial charge in [0.1, 0.15) is 49.8 Å². The Morgan fingerprint density at radius 2 is 1.81 bits per heavy atom. The molecule has 0 aliphatic carbocycles. The number of aromatic nitrogens is 2. The molecule has 18 nitrogen and oxygen atoms in total. The highest BCUT2D eigenvalue weighted by molar-refractivity contribution is 7.94. The predicted octanol–water partition coefficient (Wildman–Crippen LogP) is 6.64. The van der Waals surface area contributed by atoms with E-state index in [9.17, 15) is 33.0 Å². The summed E-state index contributed by atoms with van der Waals surface area (Å²) in [7, 11) is -3.71. The Labute approximate surface area is 453 Å². The number of anilines is 3. The van der Waals surface area contributed by atoms with Crippen LogP contribution >= 0.6 is 53.9 Å². The molecule has 2 unspecified atom stereocenters. The van der Waals surface area contributed by atoms with Gasteiger partial charge in [-0.15, -0.1) is 18.0 Å². The maximum absolute atomic E-state index is 14.5. The van der Waals surface area contributed by atoms with E-state index < -0.39 is 37.0 Å². The summed E-state index contributed by atoms with van der Waals surface area (Å²) in [6.45, 7) is 13.7. The van der Waals surface area contributed by atoms with Crippen molar-refractivity contribution in [2.24, 2.45) is 10.4 Å². The molecule has 4 heterocycles. The first-order valence-corrected chi connectivity index (χ1v) is 29.3. The number of carbonyl (C=O) groups excluding carboxylic acids is 3. The van der Waals surface area contributed by atoms with Gasteiger partial charge < -0.3 is 43.1 Å². The molecule has 0 radical (unpaired) electrons. The third-order valence-corrected chi connectivity index (χ3v) is 12.3. The van der Waals surface area contributed by atoms with Gasteiger partial charge in [-0.05, 0) is 72.8 Å². The number of alkyl halides is 3. The monoisotopic (exact) mass is 1150 g/mol. The summed E-state index contributed by atoms with van der Waals surface area (Å²) in [6, 6.07) is 16.1. The van der Waals surface area contributed by atoms with E-state index in [0.717, 1.165) is 47.7 Å². The lowest BCUT2D eigenvalue weighted by atomic mass is 9.92. The first-order chi connectivity index (χ1) is 34.8. The molecule has 2 atom stereocenters. The number of rotatable bonds is 13. The van der Waals surface area contributed by atoms with Crippen LogP contribution in [0.15, 0.2) is 59.6 Å². The predicted molar refractivity (Wildman–Crippen MR) is 291 cm³/mol. The fourth-order valence-electron chi connectivity index (χ4n) is 7.20. The van der Waals surface area contributed by atoms with E-state index in [1.165, 1.54) is 28.6 Å². The Bertz CT molecular complexity index is 2710. The maximum atomic E-state index is 14.5. The Hall–Kier alpha value is -4.72. The van der Waals surface area contributed by atoms with Crippen LogP contribution < -0.4 is 39.2 Å². The number of nitrogens with zero attached hydrogens (tertiary/aromatic N) is 6. The number of ether oxygens (including phenoxy) is 3. The van der Waals surface area contributed by atoms with E-state index in [4.69, 9.17) is 65.4 Å². The van der Waals surface area contributed by atoms with Gasteiger partial charge in [-0.25, -0.2) is 9.38 Å². The zero-order valence-corrected chi connectivity index (χ0v) is 47.5. The minimum atomic E-state index is -4.35. The van der Waals surface area contributed by atoms with Crippen LogP contribution in [0, 0.1) is 30.5 Å². The first-order valence-electron chi connectivity index (χ1n) is 22.9. The van der Waals surface area contributed by atoms with Crippen molar-refractivity contribution in [3.05, 3.63) is 82.2 Å². The molecule has 3 aliphatic heterocycles. The van der Waals surface area contributed by atoms with Crippen LogP contribution in [0.5, 0.6) is 11.5 Å². The highest BCUT2D eigenvalue weighted by Gasteiger charge is 2.33. The number of fused-ring (bicyclic) bond motifs is 3. The lowest BCUT2D eigenvalue weighted by molar-refractivity contribution is -0.193. The number of hydrogen-bond donors (Lipinski definition) is 3. The largest absolute Gasteiger partial charge is 0.778 e. The molecule has 3 amide bonds. The number of aryl methyl sites for hydroxylation is 2. The summed E-state index contributed by atoms with van der Waals surface area (Å²) in [5.74, 6) is 1.95. The molecule has 3 N–H and O–H groups in total. The van der Waals surface area contributed by atoms with E-state index in [2.05, 4.69) is 54.8 Å². The molecule has 3 aliphatic rings. The first kappa shape index (κ1) is 63.6. The fraction of sp³-hybridized carbons (Fsp3) is 0.469. The van der Waals surface area contributed by atoms with E-state index in [0.29, 0.717) is 46.1 Å². The Kier molecular flexibility index (Phi) is 25.9. The summed E-state index contributed by atoms with van der Waals surface area (Å²) >= 11 is 18.2. The van der Waals surface area contributed by atoms with Gasteiger partial charge in [-0.3, -0.25) is 34.3 Å². The topological polar surface area (TPSA) is 228 Å². The Balaban J connectivity index is 0.000000266. The molecule has 406 valence electrons. The van der Waals surface area contributed by atoms with Gasteiger partial charge >= 0.3 is 5.97 Å². The standard InChI is InChI=1S/C18H17FN4O2S.C14H20ClNO2.C11H11Cl2NO2.C3H8NO5P.C3H9S/c1-4-5-22-13-7-12(11(19)6-14(13)25-9-16(22)24)20-17-23-10-18(2,3)8-15(23)21-26-17;1-4-12-8-6-7-11(3)14(12)16(10-18-5-2)13(17)9-15;1-7-6-16-9-5-3-2-4-8(9)14(7)11(15)10(12)13;5-3(6)1-4-2-10(7,8)9;1-4(2)3/h1,6-7H,5,8-10H2,2-3H3;6-8H,4-5,9-10H2,1-3H3;2-5,7,10H,6H2,1H3;4H,1-2H2,(H,5,6)(H2,7,8,9);1-3H3/q;;;;+1/p-1. The van der Waals surface area contributed by atoms with Crippen LogP contribution in [-0.2, 0) is 58.8 Å². The van der Waals surface area contributed by atoms with Crippen molar-refractivity contribution in [3.63, 3.8) is 0 Å². The molecule has 74 heavy (non-hydrogen) atoms. The molecule has 0 saturated heterocycles. The van der Waals surface area contributed by atoms with Crippen LogP contribution in [0.1, 0.15) is 51.6 Å². The van der Waals surface area contributed by atoms with Crippen molar-refractivity contribution in [1.82, 2.24) is 14.3 Å². The maximum Gasteiger partial charge on any atom is 0.317 e. The van der Waals surface area contributed by atoms with Gasteiger partial charge in [0.15, 0.2) is 17.3 Å². The van der Waals surface area contributed by atoms with Crippen molar-refractivity contribution in [1.29, 1.82) is 0 Å². The molecule has 0 bridgehead atoms. The number of nitrogens with one attached hydrogen (secondary N) is 1. The number of halogens is 4. The van der Waals surface area contributed by atoms with Crippen molar-refractivity contribution in [3.8, 4) is 23.8 Å². The highest BCUT2D eigenvalue weighted by Crippen LogP contribution is 2.38. The zero-order chi connectivity index (χ0) is 55.5. The highest BCUT2D eigenvalue weighted by atomic mass is 35.5. The number of amides is 3. The number of carboxylic acids is 1. The van der Waals surface area contributed by atoms with Crippen LogP contribution in [-0.4, -0.2) is 124 Å². The van der Waals surface area contributed by atoms with E-state index in [-0.39, 0.29) is 60.6 Å². The molecule has 0 fully saturated rings. The average molecular weight is 1150 g/mol. The fourth-order valence-corrected chi connectivity index (χ4v) is 8.71. The van der Waals surface area contributed by atoms with Gasteiger partial charge in [0.2, 0.25) is 10.7 Å². The van der Waals surface area contributed by atoms with Crippen LogP contribution in [0.4, 0.5) is 27.1 Å². The normalized spacial score (nSPS) is 15.8. The summed E-state index contributed by atoms with van der Waals surface area (Å²) < 4.78 is 47.2. The molecule has 0 saturated carbocycles. The molecular weight excluding hydrogens is 1080 g/mol. The molecule has 1 aromatic heterocycles. The lowest BCUT2D eigenvalue weighted by Gasteiger charge is -2.35. The van der Waals surface area contributed by atoms with Crippen molar-refractivity contribution < 1.29 is 57.2 Å². The number of carboxylic acid groups (broad SMARTS) is 1. The third kappa shape index (κ3) is 19.4. The molecule has 0 spiro atoms. The smallest absolute Gasteiger partial charge is 0.317 e. The zero-order valence-electron chi connectivity index (χ0n) is 42.7. The van der Waals surface area contributed by atoms with Crippen LogP contribution in [0.2, 0.25) is 0 Å². The number of carbonyl (C=O) groups is 4. The van der Waals surface area contributed by atoms with Crippen molar-refractivity contribution >= 4 is 111 Å². The molecule has 3 aromatic carbocycles. The van der Waals surface area contributed by atoms with E-state index in [1.807, 2.05) is 73.1 Å². The minimum absolute atomic E-state index is 0.0371. The third-order valence-electron chi connectivity index (χ3n) is 10.3. The molecule has 4 aromatic rings. The number of terminal acetylenes is 1. The summed E-state index contributed by atoms with van der Waals surface area (Å²) in [5.41, 5.74) is 4.52. The van der Waals surface area contributed by atoms with E-state index in [1.54, 1.807) is 9.80 Å². The Morgan fingerprint density at radius 1 is 1.14 bits per heavy atom. The van der Waals surface area contributed by atoms with Crippen LogP contribution in [0.25, 0.3) is 0 Å². The number of para-hydroxylation sites is 3. The minimum Gasteiger partial charge on any atom is -0.778 e. The summed E-state index contributed by atoms with van der Waals surface area (Å²) in [5, 5.41) is 9.97. The molecule has 25 heteroatoms. The number of hydrogen-bond acceptors (Lipinski definition) is 13. The number of benzene rings is 3. The van der Waals surface area contributed by atoms with Crippen molar-refractivity contribution in [2.75, 3.05) is 85.3 Å². The second-order valence-electron chi connectivity index (χ2n) is 17.7. The molecule has 7 rings (SSSR count). The second kappa shape index (κ2) is 30.1. The van der Waals surface area contributed by atoms with Gasteiger partial charge in [0, 0.05) is 37.2 Å². The van der Waals surface area contributed by atoms with Gasteiger partial charge in [-0.1, -0.05) is 80.2 Å². The van der Waals surface area contributed by atoms with E-state index >= 15 is 0 Å². The average Bonchev–Trinajstić information content (AvgIpc) is 3.84. The number of aliphatic carboxylic acids is 1. The van der Waals surface area contributed by atoms with Gasteiger partial charge in [0.05, 0.1) is 61.2 Å².